The summed E-state index contributed by atoms with van der Waals surface area (Å²) in [4.78, 5) is 64.9. The van der Waals surface area contributed by atoms with Crippen LogP contribution in [0.3, 0.4) is 0 Å². The van der Waals surface area contributed by atoms with E-state index in [4.69, 9.17) is 9.72 Å². The number of nitrogens with zero attached hydrogens (tertiary/aromatic N) is 8. The molecular weight excluding hydrogens is 929 g/mol. The van der Waals surface area contributed by atoms with E-state index in [0.29, 0.717) is 63.3 Å². The number of benzene rings is 3. The maximum absolute atomic E-state index is 13.3. The summed E-state index contributed by atoms with van der Waals surface area (Å²) in [6.45, 7) is 9.32. The van der Waals surface area contributed by atoms with E-state index in [1.165, 1.54) is 11.8 Å². The first-order valence-corrected chi connectivity index (χ1v) is 25.0. The highest BCUT2D eigenvalue weighted by Gasteiger charge is 2.40. The minimum absolute atomic E-state index is 0.130. The van der Waals surface area contributed by atoms with Crippen molar-refractivity contribution in [1.29, 1.82) is 0 Å². The van der Waals surface area contributed by atoms with Crippen molar-refractivity contribution < 1.29 is 27.5 Å². The molecule has 0 aliphatic carbocycles. The molecule has 3 saturated heterocycles. The van der Waals surface area contributed by atoms with Crippen LogP contribution in [-0.2, 0) is 39.0 Å². The van der Waals surface area contributed by atoms with Crippen LogP contribution in [0.5, 0.6) is 5.75 Å². The van der Waals surface area contributed by atoms with Gasteiger partial charge in [0.05, 0.1) is 40.4 Å². The minimum atomic E-state index is -3.65. The molecule has 346 valence electrons. The fraction of sp³-hybridized carbons (Fsp3) is 0.413. The molecule has 0 radical (unpaired) electrons. The third kappa shape index (κ3) is 9.63. The zero-order valence-corrected chi connectivity index (χ0v) is 39.5. The summed E-state index contributed by atoms with van der Waals surface area (Å²) in [5.74, 6) is 0.576. The van der Waals surface area contributed by atoms with Gasteiger partial charge in [-0.15, -0.1) is 0 Å². The summed E-state index contributed by atoms with van der Waals surface area (Å²) in [7, 11) is -2.00. The molecule has 0 saturated carbocycles. The summed E-state index contributed by atoms with van der Waals surface area (Å²) in [5.41, 5.74) is 7.48. The molecule has 1 unspecified atom stereocenters. The fourth-order valence-electron chi connectivity index (χ4n) is 9.64. The van der Waals surface area contributed by atoms with E-state index in [0.717, 1.165) is 100 Å². The Bertz CT molecular complexity index is 2800. The van der Waals surface area contributed by atoms with Gasteiger partial charge in [-0.05, 0) is 89.0 Å². The lowest BCUT2D eigenvalue weighted by Crippen LogP contribution is -2.53. The Labute approximate surface area is 392 Å². The van der Waals surface area contributed by atoms with Crippen LogP contribution < -0.4 is 30.3 Å². The number of sulfonamides is 1. The number of amides is 3. The van der Waals surface area contributed by atoms with Gasteiger partial charge in [0.1, 0.15) is 23.1 Å². The van der Waals surface area contributed by atoms with E-state index in [-0.39, 0.29) is 29.8 Å². The molecule has 9 rings (SSSR count). The molecule has 0 spiro atoms. The van der Waals surface area contributed by atoms with Crippen molar-refractivity contribution in [3.05, 3.63) is 87.8 Å². The number of methoxy groups -OCH3 is 1. The van der Waals surface area contributed by atoms with Crippen molar-refractivity contribution in [1.82, 2.24) is 40.0 Å². The smallest absolute Gasteiger partial charge is 0.255 e. The number of aromatic nitrogens is 4. The van der Waals surface area contributed by atoms with E-state index >= 15 is 0 Å². The van der Waals surface area contributed by atoms with Gasteiger partial charge in [-0.1, -0.05) is 19.1 Å². The molecule has 4 aliphatic rings. The number of hydrogen-bond donors (Lipinski definition) is 4. The van der Waals surface area contributed by atoms with Crippen molar-refractivity contribution in [3.8, 4) is 5.75 Å². The predicted octanol–water partition coefficient (Wildman–Crippen LogP) is 5.20. The third-order valence-electron chi connectivity index (χ3n) is 13.1. The van der Waals surface area contributed by atoms with Crippen LogP contribution in [0.4, 0.5) is 34.5 Å². The van der Waals surface area contributed by atoms with Crippen molar-refractivity contribution in [3.63, 3.8) is 0 Å². The number of piperidine rings is 2. The number of ether oxygens (including phenoxy) is 1. The van der Waals surface area contributed by atoms with Crippen molar-refractivity contribution in [2.45, 2.75) is 64.1 Å². The molecule has 20 heteroatoms. The number of anilines is 6. The maximum atomic E-state index is 13.3. The van der Waals surface area contributed by atoms with Gasteiger partial charge in [0.15, 0.2) is 0 Å². The zero-order chi connectivity index (χ0) is 46.1. The number of carbonyl (C=O) groups excluding carboxylic acids is 3. The highest BCUT2D eigenvalue weighted by atomic mass is 79.9. The molecule has 6 heterocycles. The van der Waals surface area contributed by atoms with Gasteiger partial charge in [-0.25, -0.2) is 13.4 Å². The van der Waals surface area contributed by atoms with Crippen LogP contribution in [0, 0.1) is 0 Å². The first-order chi connectivity index (χ1) is 31.8. The normalized spacial score (nSPS) is 18.7. The second-order valence-electron chi connectivity index (χ2n) is 17.2. The van der Waals surface area contributed by atoms with E-state index < -0.39 is 16.1 Å². The molecule has 3 aromatic carbocycles. The largest absolute Gasteiger partial charge is 0.494 e. The minimum Gasteiger partial charge on any atom is -0.494 e. The molecule has 1 atom stereocenters. The number of hydrogen-bond acceptors (Lipinski definition) is 15. The Morgan fingerprint density at radius 2 is 1.70 bits per heavy atom. The molecule has 0 bridgehead atoms. The van der Waals surface area contributed by atoms with Gasteiger partial charge in [-0.3, -0.25) is 39.3 Å². The van der Waals surface area contributed by atoms with E-state index in [1.807, 2.05) is 12.1 Å². The lowest BCUT2D eigenvalue weighted by Gasteiger charge is -2.43. The van der Waals surface area contributed by atoms with E-state index in [2.05, 4.69) is 91.4 Å². The van der Waals surface area contributed by atoms with E-state index in [1.54, 1.807) is 36.5 Å². The Balaban J connectivity index is 0.801. The number of piperazine rings is 1. The highest BCUT2D eigenvalue weighted by molar-refractivity contribution is 9.10. The lowest BCUT2D eigenvalue weighted by atomic mass is 9.99. The van der Waals surface area contributed by atoms with Gasteiger partial charge in [-0.2, -0.15) is 4.98 Å². The van der Waals surface area contributed by atoms with Crippen LogP contribution in [0.15, 0.2) is 65.5 Å². The Kier molecular flexibility index (Phi) is 13.1. The Morgan fingerprint density at radius 1 is 0.909 bits per heavy atom. The maximum Gasteiger partial charge on any atom is 0.255 e. The summed E-state index contributed by atoms with van der Waals surface area (Å²) in [6.07, 6.45) is 10.1. The monoisotopic (exact) mass is 980 g/mol. The number of fused-ring (bicyclic) bond motifs is 2. The standard InChI is InChI=1S/C46H53BrN12O6S/c1-4-28-24-36(52-46-50-26-33(47)43(54-46)51-35-9-8-34-41(49-16-15-48-34)42(35)55-66(3,63)64)39(65-2)25-38(28)58-18-13-30(14-19-58)57-22-20-56(21-23-57)17-12-29-6-5-7-31-32(29)27-59(45(31)62)37-10-11-40(60)53-44(37)61/h5-9,15-16,24-26,30,37,55H,4,10-14,17-23,27H2,1-3H3,(H,53,60,61)(H2,50,51,52,54). The van der Waals surface area contributed by atoms with Gasteiger partial charge >= 0.3 is 0 Å². The zero-order valence-electron chi connectivity index (χ0n) is 37.1. The predicted molar refractivity (Wildman–Crippen MR) is 256 cm³/mol. The average molecular weight is 982 g/mol. The quantitative estimate of drug-likeness (QED) is 0.106. The van der Waals surface area contributed by atoms with Crippen LogP contribution in [0.25, 0.3) is 11.0 Å². The number of carbonyl (C=O) groups is 3. The van der Waals surface area contributed by atoms with Crippen LogP contribution >= 0.6 is 15.9 Å². The molecule has 5 aromatic rings. The Hall–Kier alpha value is -5.96. The van der Waals surface area contributed by atoms with Gasteiger partial charge in [0.25, 0.3) is 5.91 Å². The molecular formula is C46H53BrN12O6S. The lowest BCUT2D eigenvalue weighted by molar-refractivity contribution is -0.136. The van der Waals surface area contributed by atoms with Crippen molar-refractivity contribution in [2.24, 2.45) is 0 Å². The van der Waals surface area contributed by atoms with Crippen molar-refractivity contribution >= 4 is 89.2 Å². The summed E-state index contributed by atoms with van der Waals surface area (Å²) in [5, 5.41) is 8.99. The van der Waals surface area contributed by atoms with Crippen LogP contribution in [0.1, 0.15) is 59.7 Å². The number of rotatable bonds is 14. The van der Waals surface area contributed by atoms with Gasteiger partial charge in [0, 0.05) is 101 Å². The fourth-order valence-corrected chi connectivity index (χ4v) is 10.5. The molecule has 3 fully saturated rings. The SMILES string of the molecule is CCc1cc(Nc2ncc(Br)c(Nc3ccc4nccnc4c3NS(C)(=O)=O)n2)c(OC)cc1N1CCC(N2CCN(CCc3cccc4c3CN(C3CCC(=O)NC3=O)C4=O)CC2)CC1. The second-order valence-corrected chi connectivity index (χ2v) is 19.8. The third-order valence-corrected chi connectivity index (χ3v) is 14.2. The topological polar surface area (TPSA) is 207 Å². The van der Waals surface area contributed by atoms with E-state index in [9.17, 15) is 22.8 Å². The molecule has 66 heavy (non-hydrogen) atoms. The van der Waals surface area contributed by atoms with Crippen molar-refractivity contribution in [2.75, 3.05) is 79.4 Å². The van der Waals surface area contributed by atoms with Crippen LogP contribution in [0.2, 0.25) is 0 Å². The molecule has 4 N–H and O–H groups in total. The molecule has 2 aromatic heterocycles. The molecule has 18 nitrogen and oxygen atoms in total. The first-order valence-electron chi connectivity index (χ1n) is 22.3. The van der Waals surface area contributed by atoms with Gasteiger partial charge < -0.3 is 30.1 Å². The van der Waals surface area contributed by atoms with Gasteiger partial charge in [0.2, 0.25) is 27.8 Å². The summed E-state index contributed by atoms with van der Waals surface area (Å²) in [6, 6.07) is 13.5. The number of nitrogens with one attached hydrogen (secondary N) is 4. The summed E-state index contributed by atoms with van der Waals surface area (Å²) < 4.78 is 33.8. The highest BCUT2D eigenvalue weighted by Crippen LogP contribution is 2.39. The number of halogens is 1. The average Bonchev–Trinajstić information content (AvgIpc) is 3.65. The Morgan fingerprint density at radius 3 is 2.44 bits per heavy atom. The molecule has 3 amide bonds. The summed E-state index contributed by atoms with van der Waals surface area (Å²) >= 11 is 3.54. The second kappa shape index (κ2) is 19.1. The number of aryl methyl sites for hydroxylation is 1. The first kappa shape index (κ1) is 45.2. The number of imide groups is 1. The molecule has 4 aliphatic heterocycles. The van der Waals surface area contributed by atoms with Crippen LogP contribution in [-0.4, -0.2) is 132 Å².